The second kappa shape index (κ2) is 9.19. The van der Waals surface area contributed by atoms with Crippen molar-refractivity contribution in [3.63, 3.8) is 0 Å². The number of amides is 2. The summed E-state index contributed by atoms with van der Waals surface area (Å²) in [5.41, 5.74) is 2.10. The molecule has 1 saturated heterocycles. The molecule has 0 unspecified atom stereocenters. The molecule has 0 aliphatic carbocycles. The van der Waals surface area contributed by atoms with Gasteiger partial charge in [0.2, 0.25) is 5.91 Å². The van der Waals surface area contributed by atoms with E-state index in [2.05, 4.69) is 5.32 Å². The number of benzene rings is 2. The number of carbonyl (C=O) groups is 2. The van der Waals surface area contributed by atoms with Gasteiger partial charge < -0.3 is 15.0 Å². The summed E-state index contributed by atoms with van der Waals surface area (Å²) >= 11 is 0. The van der Waals surface area contributed by atoms with Gasteiger partial charge in [-0.25, -0.2) is 8.42 Å². The van der Waals surface area contributed by atoms with E-state index in [1.807, 2.05) is 24.3 Å². The molecule has 2 aromatic carbocycles. The number of hydrogen-bond acceptors (Lipinski definition) is 5. The lowest BCUT2D eigenvalue weighted by atomic mass is 10.1. The Morgan fingerprint density at radius 1 is 1.17 bits per heavy atom. The highest BCUT2D eigenvalue weighted by Gasteiger charge is 2.21. The molecule has 1 aliphatic rings. The topological polar surface area (TPSA) is 92.8 Å². The van der Waals surface area contributed by atoms with Crippen LogP contribution in [0.4, 0.5) is 5.69 Å². The van der Waals surface area contributed by atoms with E-state index in [0.717, 1.165) is 17.7 Å². The minimum Gasteiger partial charge on any atom is -0.384 e. The molecular formula is C21H24N2O5S. The van der Waals surface area contributed by atoms with Crippen molar-refractivity contribution >= 4 is 27.3 Å². The number of carbonyl (C=O) groups excluding carboxylic acids is 2. The van der Waals surface area contributed by atoms with Gasteiger partial charge >= 0.3 is 0 Å². The third-order valence-corrected chi connectivity index (χ3v) is 6.48. The van der Waals surface area contributed by atoms with E-state index in [-0.39, 0.29) is 29.1 Å². The van der Waals surface area contributed by atoms with Crippen LogP contribution in [-0.4, -0.2) is 46.2 Å². The summed E-state index contributed by atoms with van der Waals surface area (Å²) in [6, 6.07) is 13.4. The molecule has 1 aliphatic heterocycles. The highest BCUT2D eigenvalue weighted by molar-refractivity contribution is 7.91. The zero-order valence-corrected chi connectivity index (χ0v) is 17.1. The van der Waals surface area contributed by atoms with Crippen LogP contribution in [0.15, 0.2) is 53.4 Å². The van der Waals surface area contributed by atoms with Gasteiger partial charge in [-0.1, -0.05) is 12.1 Å². The van der Waals surface area contributed by atoms with Crippen molar-refractivity contribution in [1.82, 2.24) is 5.32 Å². The third kappa shape index (κ3) is 5.21. The van der Waals surface area contributed by atoms with Crippen LogP contribution in [0.25, 0.3) is 0 Å². The standard InChI is InChI=1S/C21H24N2O5S/c1-28-12-13-29(26,27)19-9-7-17(8-10-19)21(25)22-15-16-4-2-5-18(14-16)23-11-3-6-20(23)24/h2,4-5,7-10,14H,3,6,11-13,15H2,1H3,(H,22,25). The average molecular weight is 416 g/mol. The third-order valence-electron chi connectivity index (χ3n) is 4.78. The molecule has 0 spiro atoms. The predicted molar refractivity (Wildman–Crippen MR) is 110 cm³/mol. The lowest BCUT2D eigenvalue weighted by molar-refractivity contribution is -0.117. The summed E-state index contributed by atoms with van der Waals surface area (Å²) in [7, 11) is -1.98. The number of anilines is 1. The van der Waals surface area contributed by atoms with Crippen molar-refractivity contribution in [3.05, 3.63) is 59.7 Å². The first kappa shape index (κ1) is 21.0. The van der Waals surface area contributed by atoms with Gasteiger partial charge in [-0.2, -0.15) is 0 Å². The quantitative estimate of drug-likeness (QED) is 0.712. The van der Waals surface area contributed by atoms with Gasteiger partial charge in [0.25, 0.3) is 5.91 Å². The van der Waals surface area contributed by atoms with Crippen LogP contribution in [0.5, 0.6) is 0 Å². The smallest absolute Gasteiger partial charge is 0.251 e. The van der Waals surface area contributed by atoms with Crippen LogP contribution in [-0.2, 0) is 25.9 Å². The monoisotopic (exact) mass is 416 g/mol. The SMILES string of the molecule is COCCS(=O)(=O)c1ccc(C(=O)NCc2cccc(N3CCCC3=O)c2)cc1. The van der Waals surface area contributed by atoms with E-state index >= 15 is 0 Å². The number of ether oxygens (including phenoxy) is 1. The van der Waals surface area contributed by atoms with E-state index in [1.165, 1.54) is 31.4 Å². The minimum absolute atomic E-state index is 0.106. The van der Waals surface area contributed by atoms with Gasteiger partial charge in [0.05, 0.1) is 17.3 Å². The maximum Gasteiger partial charge on any atom is 0.251 e. The second-order valence-electron chi connectivity index (χ2n) is 6.84. The zero-order valence-electron chi connectivity index (χ0n) is 16.3. The van der Waals surface area contributed by atoms with Crippen molar-refractivity contribution < 1.29 is 22.7 Å². The molecule has 2 aromatic rings. The van der Waals surface area contributed by atoms with Gasteiger partial charge in [-0.05, 0) is 48.4 Å². The number of rotatable bonds is 8. The van der Waals surface area contributed by atoms with Gasteiger partial charge in [0.15, 0.2) is 9.84 Å². The predicted octanol–water partition coefficient (Wildman–Crippen LogP) is 2.16. The first-order chi connectivity index (χ1) is 13.9. The van der Waals surface area contributed by atoms with E-state index in [4.69, 9.17) is 4.74 Å². The Hall–Kier alpha value is -2.71. The lowest BCUT2D eigenvalue weighted by Gasteiger charge is -2.16. The molecule has 7 nitrogen and oxygen atoms in total. The van der Waals surface area contributed by atoms with Crippen LogP contribution in [0, 0.1) is 0 Å². The molecular weight excluding hydrogens is 392 g/mol. The summed E-state index contributed by atoms with van der Waals surface area (Å²) in [6.07, 6.45) is 1.43. The van der Waals surface area contributed by atoms with E-state index < -0.39 is 9.84 Å². The van der Waals surface area contributed by atoms with Crippen molar-refractivity contribution in [2.24, 2.45) is 0 Å². The van der Waals surface area contributed by atoms with Gasteiger partial charge in [0.1, 0.15) is 0 Å². The molecule has 0 atom stereocenters. The molecule has 8 heteroatoms. The van der Waals surface area contributed by atoms with Crippen LogP contribution < -0.4 is 10.2 Å². The van der Waals surface area contributed by atoms with Crippen LogP contribution in [0.3, 0.4) is 0 Å². The average Bonchev–Trinajstić information content (AvgIpc) is 3.17. The molecule has 0 aromatic heterocycles. The van der Waals surface area contributed by atoms with Crippen molar-refractivity contribution in [3.8, 4) is 0 Å². The number of methoxy groups -OCH3 is 1. The van der Waals surface area contributed by atoms with Crippen LogP contribution in [0.2, 0.25) is 0 Å². The molecule has 1 heterocycles. The van der Waals surface area contributed by atoms with Crippen LogP contribution in [0.1, 0.15) is 28.8 Å². The first-order valence-electron chi connectivity index (χ1n) is 9.40. The van der Waals surface area contributed by atoms with Gasteiger partial charge in [0, 0.05) is 37.9 Å². The highest BCUT2D eigenvalue weighted by Crippen LogP contribution is 2.22. The Kier molecular flexibility index (Phi) is 6.66. The fourth-order valence-corrected chi connectivity index (χ4v) is 4.34. The Morgan fingerprint density at radius 3 is 2.59 bits per heavy atom. The fourth-order valence-electron chi connectivity index (χ4n) is 3.16. The Balaban J connectivity index is 1.62. The van der Waals surface area contributed by atoms with Crippen molar-refractivity contribution in [2.75, 3.05) is 30.9 Å². The van der Waals surface area contributed by atoms with E-state index in [9.17, 15) is 18.0 Å². The number of nitrogens with one attached hydrogen (secondary N) is 1. The molecule has 2 amide bonds. The molecule has 0 bridgehead atoms. The summed E-state index contributed by atoms with van der Waals surface area (Å²) in [5.74, 6) is -0.287. The molecule has 1 N–H and O–H groups in total. The van der Waals surface area contributed by atoms with Gasteiger partial charge in [-0.3, -0.25) is 9.59 Å². The normalized spacial score (nSPS) is 14.2. The molecule has 29 heavy (non-hydrogen) atoms. The Morgan fingerprint density at radius 2 is 1.93 bits per heavy atom. The number of sulfone groups is 1. The maximum atomic E-state index is 12.4. The van der Waals surface area contributed by atoms with E-state index in [0.29, 0.717) is 25.1 Å². The van der Waals surface area contributed by atoms with Crippen LogP contribution >= 0.6 is 0 Å². The maximum absolute atomic E-state index is 12.4. The zero-order chi connectivity index (χ0) is 20.9. The Labute approximate surface area is 170 Å². The number of nitrogens with zero attached hydrogens (tertiary/aromatic N) is 1. The first-order valence-corrected chi connectivity index (χ1v) is 11.1. The summed E-state index contributed by atoms with van der Waals surface area (Å²) < 4.78 is 29.1. The fraction of sp³-hybridized carbons (Fsp3) is 0.333. The van der Waals surface area contributed by atoms with Crippen molar-refractivity contribution in [1.29, 1.82) is 0 Å². The summed E-state index contributed by atoms with van der Waals surface area (Å²) in [6.45, 7) is 1.14. The number of hydrogen-bond donors (Lipinski definition) is 1. The molecule has 1 fully saturated rings. The summed E-state index contributed by atoms with van der Waals surface area (Å²) in [5, 5.41) is 2.82. The molecule has 3 rings (SSSR count). The minimum atomic E-state index is -3.43. The molecule has 154 valence electrons. The summed E-state index contributed by atoms with van der Waals surface area (Å²) in [4.78, 5) is 26.2. The molecule has 0 radical (unpaired) electrons. The molecule has 0 saturated carbocycles. The van der Waals surface area contributed by atoms with Crippen molar-refractivity contribution in [2.45, 2.75) is 24.3 Å². The largest absolute Gasteiger partial charge is 0.384 e. The van der Waals surface area contributed by atoms with E-state index in [1.54, 1.807) is 4.90 Å². The second-order valence-corrected chi connectivity index (χ2v) is 8.95. The Bertz CT molecular complexity index is 986. The van der Waals surface area contributed by atoms with Gasteiger partial charge in [-0.15, -0.1) is 0 Å². The highest BCUT2D eigenvalue weighted by atomic mass is 32.2. The lowest BCUT2D eigenvalue weighted by Crippen LogP contribution is -2.25.